The molecule has 30 heavy (non-hydrogen) atoms. The molecule has 1 saturated carbocycles. The number of benzene rings is 2. The lowest BCUT2D eigenvalue weighted by molar-refractivity contribution is -0.161. The van der Waals surface area contributed by atoms with Crippen molar-refractivity contribution in [3.05, 3.63) is 59.2 Å². The van der Waals surface area contributed by atoms with Gasteiger partial charge in [-0.05, 0) is 84.7 Å². The van der Waals surface area contributed by atoms with E-state index in [0.717, 1.165) is 37.8 Å². The molecule has 0 amide bonds. The number of rotatable bonds is 4. The van der Waals surface area contributed by atoms with Crippen molar-refractivity contribution in [3.8, 4) is 0 Å². The van der Waals surface area contributed by atoms with Crippen molar-refractivity contribution in [1.29, 1.82) is 0 Å². The third-order valence-corrected chi connectivity index (χ3v) is 7.85. The number of anilines is 2. The molecule has 0 aromatic heterocycles. The van der Waals surface area contributed by atoms with Crippen molar-refractivity contribution in [2.24, 2.45) is 11.3 Å². The highest BCUT2D eigenvalue weighted by molar-refractivity contribution is 5.77. The topological polar surface area (TPSA) is 38.3 Å². The van der Waals surface area contributed by atoms with Gasteiger partial charge in [0.2, 0.25) is 0 Å². The minimum atomic E-state index is -0.400. The summed E-state index contributed by atoms with van der Waals surface area (Å²) >= 11 is 0. The predicted molar refractivity (Wildman–Crippen MR) is 123 cm³/mol. The highest BCUT2D eigenvalue weighted by Crippen LogP contribution is 2.58. The number of esters is 1. The van der Waals surface area contributed by atoms with E-state index in [9.17, 15) is 4.79 Å². The second-order valence-electron chi connectivity index (χ2n) is 10.0. The molecule has 2 aliphatic carbocycles. The molecular formula is C27H35NO2. The summed E-state index contributed by atoms with van der Waals surface area (Å²) in [5, 5.41) is 3.68. The van der Waals surface area contributed by atoms with Crippen molar-refractivity contribution in [1.82, 2.24) is 0 Å². The number of carbonyl (C=O) groups is 1. The average molecular weight is 406 g/mol. The molecule has 0 aliphatic heterocycles. The molecule has 0 spiro atoms. The van der Waals surface area contributed by atoms with E-state index in [1.807, 2.05) is 6.07 Å². The fourth-order valence-corrected chi connectivity index (χ4v) is 6.28. The van der Waals surface area contributed by atoms with E-state index in [0.29, 0.717) is 11.8 Å². The van der Waals surface area contributed by atoms with Gasteiger partial charge in [-0.15, -0.1) is 0 Å². The molecule has 4 rings (SSSR count). The highest BCUT2D eigenvalue weighted by Gasteiger charge is 2.55. The fourth-order valence-electron chi connectivity index (χ4n) is 6.28. The second-order valence-corrected chi connectivity index (χ2v) is 10.0. The molecule has 3 atom stereocenters. The van der Waals surface area contributed by atoms with Crippen LogP contribution in [0.4, 0.5) is 11.4 Å². The van der Waals surface area contributed by atoms with Gasteiger partial charge in [0.15, 0.2) is 0 Å². The normalized spacial score (nSPS) is 27.9. The number of aryl methyl sites for hydroxylation is 1. The number of methoxy groups -OCH3 is 1. The minimum Gasteiger partial charge on any atom is -0.469 e. The number of hydrogen-bond acceptors (Lipinski definition) is 3. The summed E-state index contributed by atoms with van der Waals surface area (Å²) in [6.07, 6.45) is 5.20. The SMILES string of the molecule is COC(=O)[C@]1(C)CCC[C@]2(C)c3cc(Nc4ccccc4)c(C(C)C)cc3CC[C@@H]12. The Morgan fingerprint density at radius 2 is 1.87 bits per heavy atom. The Morgan fingerprint density at radius 3 is 2.53 bits per heavy atom. The molecule has 1 fully saturated rings. The third-order valence-electron chi connectivity index (χ3n) is 7.85. The van der Waals surface area contributed by atoms with Gasteiger partial charge >= 0.3 is 5.97 Å². The van der Waals surface area contributed by atoms with Gasteiger partial charge in [-0.25, -0.2) is 0 Å². The molecule has 0 bridgehead atoms. The van der Waals surface area contributed by atoms with E-state index < -0.39 is 5.41 Å². The number of ether oxygens (including phenoxy) is 1. The molecule has 0 saturated heterocycles. The highest BCUT2D eigenvalue weighted by atomic mass is 16.5. The first-order chi connectivity index (χ1) is 14.3. The first-order valence-corrected chi connectivity index (χ1v) is 11.4. The van der Waals surface area contributed by atoms with Crippen LogP contribution < -0.4 is 5.32 Å². The van der Waals surface area contributed by atoms with E-state index in [-0.39, 0.29) is 11.4 Å². The molecule has 2 aliphatic rings. The van der Waals surface area contributed by atoms with Crippen LogP contribution in [0, 0.1) is 11.3 Å². The summed E-state index contributed by atoms with van der Waals surface area (Å²) in [5.74, 6) is 0.718. The number of carbonyl (C=O) groups excluding carboxylic acids is 1. The van der Waals surface area contributed by atoms with Crippen molar-refractivity contribution < 1.29 is 9.53 Å². The summed E-state index contributed by atoms with van der Waals surface area (Å²) in [7, 11) is 1.53. The predicted octanol–water partition coefficient (Wildman–Crippen LogP) is 6.74. The first-order valence-electron chi connectivity index (χ1n) is 11.4. The lowest BCUT2D eigenvalue weighted by Crippen LogP contribution is -2.52. The molecule has 0 heterocycles. The molecule has 160 valence electrons. The smallest absolute Gasteiger partial charge is 0.311 e. The Kier molecular flexibility index (Phi) is 5.42. The summed E-state index contributed by atoms with van der Waals surface area (Å²) in [4.78, 5) is 12.8. The van der Waals surface area contributed by atoms with Gasteiger partial charge in [0.1, 0.15) is 0 Å². The summed E-state index contributed by atoms with van der Waals surface area (Å²) in [5.41, 5.74) is 6.16. The van der Waals surface area contributed by atoms with Crippen LogP contribution in [0.2, 0.25) is 0 Å². The molecule has 2 aromatic carbocycles. The Bertz CT molecular complexity index is 935. The number of fused-ring (bicyclic) bond motifs is 3. The van der Waals surface area contributed by atoms with E-state index in [2.05, 4.69) is 69.4 Å². The monoisotopic (exact) mass is 405 g/mol. The molecule has 0 unspecified atom stereocenters. The standard InChI is InChI=1S/C27H35NO2/c1-18(2)21-16-19-12-13-24-26(3,14-9-15-27(24,4)25(29)30-5)22(19)17-23(21)28-20-10-7-6-8-11-20/h6-8,10-11,16-18,24,28H,9,12-15H2,1-5H3/t24-,26-,27-/m1/s1. The average Bonchev–Trinajstić information content (AvgIpc) is 2.73. The van der Waals surface area contributed by atoms with Crippen LogP contribution in [0.3, 0.4) is 0 Å². The Morgan fingerprint density at radius 1 is 1.13 bits per heavy atom. The van der Waals surface area contributed by atoms with Gasteiger partial charge < -0.3 is 10.1 Å². The van der Waals surface area contributed by atoms with Gasteiger partial charge in [0.25, 0.3) is 0 Å². The van der Waals surface area contributed by atoms with Gasteiger partial charge in [0.05, 0.1) is 12.5 Å². The lowest BCUT2D eigenvalue weighted by Gasteiger charge is -2.54. The Labute approximate surface area is 181 Å². The summed E-state index contributed by atoms with van der Waals surface area (Å²) < 4.78 is 5.28. The molecule has 1 N–H and O–H groups in total. The molecule has 0 radical (unpaired) electrons. The minimum absolute atomic E-state index is 0.00258. The van der Waals surface area contributed by atoms with E-state index in [1.54, 1.807) is 0 Å². The van der Waals surface area contributed by atoms with Crippen LogP contribution in [0.25, 0.3) is 0 Å². The Balaban J connectivity index is 1.81. The Hall–Kier alpha value is -2.29. The van der Waals surface area contributed by atoms with Crippen molar-refractivity contribution in [2.45, 2.75) is 71.1 Å². The van der Waals surface area contributed by atoms with Gasteiger partial charge in [-0.2, -0.15) is 0 Å². The van der Waals surface area contributed by atoms with Crippen LogP contribution in [0.5, 0.6) is 0 Å². The van der Waals surface area contributed by atoms with E-state index in [4.69, 9.17) is 4.74 Å². The quantitative estimate of drug-likeness (QED) is 0.573. The van der Waals surface area contributed by atoms with Crippen LogP contribution in [-0.4, -0.2) is 13.1 Å². The molecule has 3 heteroatoms. The van der Waals surface area contributed by atoms with Crippen LogP contribution >= 0.6 is 0 Å². The largest absolute Gasteiger partial charge is 0.469 e. The lowest BCUT2D eigenvalue weighted by atomic mass is 9.49. The molecule has 2 aromatic rings. The van der Waals surface area contributed by atoms with E-state index >= 15 is 0 Å². The zero-order valence-corrected chi connectivity index (χ0v) is 19.0. The van der Waals surface area contributed by atoms with E-state index in [1.165, 1.54) is 29.5 Å². The number of para-hydroxylation sites is 1. The second kappa shape index (κ2) is 7.76. The molecular weight excluding hydrogens is 370 g/mol. The van der Waals surface area contributed by atoms with Gasteiger partial charge in [0, 0.05) is 11.4 Å². The number of nitrogens with one attached hydrogen (secondary N) is 1. The van der Waals surface area contributed by atoms with Crippen LogP contribution in [0.1, 0.15) is 76.0 Å². The van der Waals surface area contributed by atoms with Crippen molar-refractivity contribution in [2.75, 3.05) is 12.4 Å². The van der Waals surface area contributed by atoms with Crippen LogP contribution in [0.15, 0.2) is 42.5 Å². The zero-order chi connectivity index (χ0) is 21.5. The van der Waals surface area contributed by atoms with Crippen LogP contribution in [-0.2, 0) is 21.4 Å². The fraction of sp³-hybridized carbons (Fsp3) is 0.519. The maximum Gasteiger partial charge on any atom is 0.311 e. The van der Waals surface area contributed by atoms with Gasteiger partial charge in [-0.1, -0.05) is 51.5 Å². The maximum atomic E-state index is 12.8. The number of hydrogen-bond donors (Lipinski definition) is 1. The third kappa shape index (κ3) is 3.33. The summed E-state index contributed by atoms with van der Waals surface area (Å²) in [6.45, 7) is 9.05. The summed E-state index contributed by atoms with van der Waals surface area (Å²) in [6, 6.07) is 15.2. The van der Waals surface area contributed by atoms with Crippen molar-refractivity contribution >= 4 is 17.3 Å². The first kappa shape index (κ1) is 21.0. The zero-order valence-electron chi connectivity index (χ0n) is 19.0. The van der Waals surface area contributed by atoms with Crippen molar-refractivity contribution in [3.63, 3.8) is 0 Å². The maximum absolute atomic E-state index is 12.8. The molecule has 3 nitrogen and oxygen atoms in total. The van der Waals surface area contributed by atoms with Gasteiger partial charge in [-0.3, -0.25) is 4.79 Å².